The summed E-state index contributed by atoms with van der Waals surface area (Å²) in [5, 5.41) is 11.0. The summed E-state index contributed by atoms with van der Waals surface area (Å²) in [7, 11) is 0. The number of aliphatic carboxylic acids is 1. The Balaban J connectivity index is 1.38. The zero-order valence-corrected chi connectivity index (χ0v) is 32.9. The number of imide groups is 1. The fourth-order valence-corrected chi connectivity index (χ4v) is 7.44. The number of carbonyl (C=O) groups excluding carboxylic acids is 4. The lowest BCUT2D eigenvalue weighted by atomic mass is 9.84. The number of carboxylic acid groups (broad SMARTS) is 1. The summed E-state index contributed by atoms with van der Waals surface area (Å²) in [6, 6.07) is 9.94. The van der Waals surface area contributed by atoms with Gasteiger partial charge in [-0.3, -0.25) is 28.9 Å². The molecule has 4 unspecified atom stereocenters. The van der Waals surface area contributed by atoms with Gasteiger partial charge in [-0.2, -0.15) is 0 Å². The number of benzene rings is 2. The van der Waals surface area contributed by atoms with Gasteiger partial charge in [0.15, 0.2) is 0 Å². The maximum Gasteiger partial charge on any atom is 0.321 e. The second kappa shape index (κ2) is 19.9. The van der Waals surface area contributed by atoms with Crippen molar-refractivity contribution in [3.05, 3.63) is 77.8 Å². The molecule has 1 fully saturated rings. The quantitative estimate of drug-likeness (QED) is 0.0965. The van der Waals surface area contributed by atoms with Crippen molar-refractivity contribution in [2.45, 2.75) is 76.9 Å². The number of imidazole rings is 1. The first-order valence-corrected chi connectivity index (χ1v) is 19.5. The van der Waals surface area contributed by atoms with Crippen LogP contribution in [0, 0.1) is 17.0 Å². The number of hydrogen-bond acceptors (Lipinski definition) is 10. The molecule has 2 aromatic carbocycles. The highest BCUT2D eigenvalue weighted by Gasteiger charge is 2.40. The second-order valence-electron chi connectivity index (χ2n) is 14.6. The van der Waals surface area contributed by atoms with Crippen molar-refractivity contribution in [2.75, 3.05) is 38.6 Å². The van der Waals surface area contributed by atoms with Crippen LogP contribution in [-0.2, 0) is 35.3 Å². The largest absolute Gasteiger partial charge is 0.480 e. The molecule has 1 aromatic heterocycles. The van der Waals surface area contributed by atoms with Crippen molar-refractivity contribution in [2.24, 2.45) is 16.9 Å². The number of carboxylic acids is 1. The van der Waals surface area contributed by atoms with E-state index in [1.807, 2.05) is 55.7 Å². The van der Waals surface area contributed by atoms with E-state index in [0.717, 1.165) is 40.4 Å². The third kappa shape index (κ3) is 11.7. The molecule has 1 aliphatic rings. The summed E-state index contributed by atoms with van der Waals surface area (Å²) in [4.78, 5) is 70.1. The third-order valence-electron chi connectivity index (χ3n) is 9.23. The summed E-state index contributed by atoms with van der Waals surface area (Å²) in [6.07, 6.45) is 1.87. The predicted octanol–water partition coefficient (Wildman–Crippen LogP) is 3.33. The molecule has 17 heteroatoms. The number of aromatic nitrogens is 2. The van der Waals surface area contributed by atoms with Crippen molar-refractivity contribution >= 4 is 41.4 Å². The lowest BCUT2D eigenvalue weighted by Crippen LogP contribution is -2.47. The second-order valence-corrected chi connectivity index (χ2v) is 15.8. The topological polar surface area (TPSA) is 203 Å². The number of amides is 4. The SMILES string of the molecule is CCC(=O)N(CCC(N)C(=O)NCCOCCN1C(=O)CC(SCC(N)C(=O)O)C1=O)C(c1nc(-c2cc(F)ccc2F)cn1Cc1ccccc1)C(C)(C)C. The number of halogens is 2. The van der Waals surface area contributed by atoms with Crippen LogP contribution < -0.4 is 16.8 Å². The van der Waals surface area contributed by atoms with Gasteiger partial charge in [0.05, 0.1) is 42.8 Å². The first-order valence-electron chi connectivity index (χ1n) is 18.4. The molecule has 2 heterocycles. The van der Waals surface area contributed by atoms with E-state index in [0.29, 0.717) is 12.4 Å². The van der Waals surface area contributed by atoms with Crippen molar-refractivity contribution in [3.63, 3.8) is 0 Å². The molecule has 56 heavy (non-hydrogen) atoms. The van der Waals surface area contributed by atoms with Crippen LogP contribution in [0.2, 0.25) is 0 Å². The number of rotatable bonds is 20. The van der Waals surface area contributed by atoms with Gasteiger partial charge in [0.25, 0.3) is 0 Å². The van der Waals surface area contributed by atoms with Gasteiger partial charge in [0.1, 0.15) is 23.5 Å². The molecular formula is C39H51F2N7O7S. The minimum atomic E-state index is -1.19. The summed E-state index contributed by atoms with van der Waals surface area (Å²) < 4.78 is 36.7. The number of ether oxygens (including phenoxy) is 1. The number of likely N-dealkylation sites (tertiary alicyclic amines) is 1. The van der Waals surface area contributed by atoms with Gasteiger partial charge >= 0.3 is 5.97 Å². The maximum absolute atomic E-state index is 15.0. The van der Waals surface area contributed by atoms with E-state index in [4.69, 9.17) is 26.3 Å². The highest BCUT2D eigenvalue weighted by Crippen LogP contribution is 2.40. The Morgan fingerprint density at radius 2 is 1.80 bits per heavy atom. The summed E-state index contributed by atoms with van der Waals surface area (Å²) >= 11 is 1.03. The average molecular weight is 800 g/mol. The van der Waals surface area contributed by atoms with Gasteiger partial charge in [-0.25, -0.2) is 13.8 Å². The number of hydrogen-bond donors (Lipinski definition) is 4. The van der Waals surface area contributed by atoms with Gasteiger partial charge < -0.3 is 36.1 Å². The van der Waals surface area contributed by atoms with Crippen LogP contribution >= 0.6 is 11.8 Å². The monoisotopic (exact) mass is 799 g/mol. The fourth-order valence-electron chi connectivity index (χ4n) is 6.33. The molecule has 0 aliphatic carbocycles. The number of nitrogens with one attached hydrogen (secondary N) is 1. The van der Waals surface area contributed by atoms with Crippen LogP contribution in [0.4, 0.5) is 8.78 Å². The molecule has 4 rings (SSSR count). The first-order chi connectivity index (χ1) is 26.5. The fraction of sp³-hybridized carbons (Fsp3) is 0.487. The van der Waals surface area contributed by atoms with Crippen LogP contribution in [-0.4, -0.2) is 110 Å². The van der Waals surface area contributed by atoms with Crippen molar-refractivity contribution in [3.8, 4) is 11.3 Å². The summed E-state index contributed by atoms with van der Waals surface area (Å²) in [5.41, 5.74) is 12.3. The molecule has 1 aliphatic heterocycles. The van der Waals surface area contributed by atoms with Gasteiger partial charge in [0, 0.05) is 50.0 Å². The Labute approximate surface area is 329 Å². The minimum absolute atomic E-state index is 0.00337. The minimum Gasteiger partial charge on any atom is -0.480 e. The smallest absolute Gasteiger partial charge is 0.321 e. The molecule has 6 N–H and O–H groups in total. The van der Waals surface area contributed by atoms with Crippen LogP contribution in [0.1, 0.15) is 64.4 Å². The zero-order chi connectivity index (χ0) is 41.2. The van der Waals surface area contributed by atoms with E-state index >= 15 is 4.39 Å². The molecule has 4 amide bonds. The molecular weight excluding hydrogens is 749 g/mol. The molecule has 0 spiro atoms. The Kier molecular flexibility index (Phi) is 15.7. The highest BCUT2D eigenvalue weighted by molar-refractivity contribution is 8.00. The number of carbonyl (C=O) groups is 5. The Morgan fingerprint density at radius 3 is 2.46 bits per heavy atom. The van der Waals surface area contributed by atoms with Gasteiger partial charge in [-0.15, -0.1) is 11.8 Å². The lowest BCUT2D eigenvalue weighted by Gasteiger charge is -2.40. The Bertz CT molecular complexity index is 1860. The van der Waals surface area contributed by atoms with Crippen LogP contribution in [0.25, 0.3) is 11.3 Å². The molecule has 0 radical (unpaired) electrons. The van der Waals surface area contributed by atoms with Crippen LogP contribution in [0.3, 0.4) is 0 Å². The number of thioether (sulfide) groups is 1. The molecule has 3 aromatic rings. The van der Waals surface area contributed by atoms with E-state index in [-0.39, 0.29) is 80.9 Å². The van der Waals surface area contributed by atoms with Gasteiger partial charge in [0.2, 0.25) is 23.6 Å². The van der Waals surface area contributed by atoms with Crippen LogP contribution in [0.15, 0.2) is 54.7 Å². The first kappa shape index (κ1) is 44.0. The van der Waals surface area contributed by atoms with Crippen LogP contribution in [0.5, 0.6) is 0 Å². The van der Waals surface area contributed by atoms with E-state index in [1.54, 1.807) is 18.0 Å². The lowest BCUT2D eigenvalue weighted by molar-refractivity contribution is -0.140. The zero-order valence-electron chi connectivity index (χ0n) is 32.1. The standard InChI is InChI=1S/C39H51F2N7O7S/c1-5-32(49)47(15-13-28(42)36(51)44-14-17-55-18-16-48-33(50)20-31(37(48)52)56-23-29(43)38(53)54)34(39(2,3)4)35-45-30(26-19-25(40)11-12-27(26)41)22-46(35)21-24-9-7-6-8-10-24/h6-12,19,22,28-29,31,34H,5,13-18,20-21,23,42-43H2,1-4H3,(H,44,51)(H,53,54). The molecule has 0 bridgehead atoms. The van der Waals surface area contributed by atoms with E-state index in [9.17, 15) is 28.4 Å². The Hall–Kier alpha value is -4.71. The predicted molar refractivity (Wildman–Crippen MR) is 207 cm³/mol. The van der Waals surface area contributed by atoms with Crippen molar-refractivity contribution in [1.29, 1.82) is 0 Å². The van der Waals surface area contributed by atoms with Gasteiger partial charge in [-0.05, 0) is 35.6 Å². The van der Waals surface area contributed by atoms with E-state index in [2.05, 4.69) is 5.32 Å². The van der Waals surface area contributed by atoms with Crippen molar-refractivity contribution in [1.82, 2.24) is 24.7 Å². The number of nitrogens with two attached hydrogens (primary N) is 2. The summed E-state index contributed by atoms with van der Waals surface area (Å²) in [5.74, 6) is -3.47. The van der Waals surface area contributed by atoms with E-state index in [1.165, 1.54) is 0 Å². The Morgan fingerprint density at radius 1 is 1.09 bits per heavy atom. The van der Waals surface area contributed by atoms with Crippen molar-refractivity contribution < 1.29 is 42.6 Å². The molecule has 14 nitrogen and oxygen atoms in total. The normalized spacial score (nSPS) is 16.1. The third-order valence-corrected chi connectivity index (χ3v) is 10.5. The molecule has 1 saturated heterocycles. The number of nitrogens with zero attached hydrogens (tertiary/aromatic N) is 4. The molecule has 4 atom stereocenters. The van der Waals surface area contributed by atoms with Gasteiger partial charge in [-0.1, -0.05) is 58.0 Å². The summed E-state index contributed by atoms with van der Waals surface area (Å²) in [6.45, 7) is 8.24. The van der Waals surface area contributed by atoms with E-state index < -0.39 is 58.2 Å². The maximum atomic E-state index is 15.0. The molecule has 304 valence electrons. The molecule has 0 saturated carbocycles. The average Bonchev–Trinajstić information content (AvgIpc) is 3.68. The highest BCUT2D eigenvalue weighted by atomic mass is 32.2.